The zero-order chi connectivity index (χ0) is 13.8. The Balaban J connectivity index is 2.20. The van der Waals surface area contributed by atoms with Gasteiger partial charge in [0, 0.05) is 17.6 Å². The molecule has 2 aromatic rings. The predicted molar refractivity (Wildman–Crippen MR) is 72.7 cm³/mol. The fraction of sp³-hybridized carbons (Fsp3) is 0.154. The Morgan fingerprint density at radius 1 is 1.37 bits per heavy atom. The Morgan fingerprint density at radius 3 is 2.63 bits per heavy atom. The van der Waals surface area contributed by atoms with Crippen LogP contribution in [0.1, 0.15) is 27.4 Å². The highest BCUT2D eigenvalue weighted by Crippen LogP contribution is 2.12. The number of hydrogen-bond acceptors (Lipinski definition) is 4. The summed E-state index contributed by atoms with van der Waals surface area (Å²) in [6.07, 6.45) is 2.07. The highest BCUT2D eigenvalue weighted by molar-refractivity contribution is 6.30. The van der Waals surface area contributed by atoms with Crippen LogP contribution in [-0.2, 0) is 6.42 Å². The van der Waals surface area contributed by atoms with E-state index in [2.05, 4.69) is 15.4 Å². The van der Waals surface area contributed by atoms with E-state index >= 15 is 0 Å². The Labute approximate surface area is 115 Å². The van der Waals surface area contributed by atoms with Gasteiger partial charge < -0.3 is 0 Å². The number of nitrogens with one attached hydrogen (secondary N) is 1. The van der Waals surface area contributed by atoms with Gasteiger partial charge in [0.25, 0.3) is 5.91 Å². The first-order valence-electron chi connectivity index (χ1n) is 5.68. The number of rotatable bonds is 3. The molecular weight excluding hydrogens is 264 g/mol. The van der Waals surface area contributed by atoms with Crippen LogP contribution in [-0.4, -0.2) is 15.9 Å². The average molecular weight is 277 g/mol. The lowest BCUT2D eigenvalue weighted by molar-refractivity contribution is 0.0952. The summed E-state index contributed by atoms with van der Waals surface area (Å²) in [4.78, 5) is 19.9. The number of benzene rings is 1. The van der Waals surface area contributed by atoms with Gasteiger partial charge in [-0.3, -0.25) is 10.2 Å². The van der Waals surface area contributed by atoms with Gasteiger partial charge in [0.2, 0.25) is 0 Å². The molecule has 0 radical (unpaired) electrons. The molecule has 5 nitrogen and oxygen atoms in total. The molecule has 0 atom stereocenters. The fourth-order valence-corrected chi connectivity index (χ4v) is 1.81. The zero-order valence-corrected chi connectivity index (χ0v) is 11.1. The van der Waals surface area contributed by atoms with E-state index in [0.717, 1.165) is 5.56 Å². The number of carbonyl (C=O) groups is 1. The molecule has 0 spiro atoms. The molecule has 6 heteroatoms. The van der Waals surface area contributed by atoms with Gasteiger partial charge in [0.1, 0.15) is 5.82 Å². The summed E-state index contributed by atoms with van der Waals surface area (Å²) in [5.74, 6) is 5.33. The number of aryl methyl sites for hydroxylation is 1. The van der Waals surface area contributed by atoms with Crippen molar-refractivity contribution in [1.82, 2.24) is 15.4 Å². The van der Waals surface area contributed by atoms with Gasteiger partial charge in [-0.1, -0.05) is 23.7 Å². The molecule has 0 aliphatic carbocycles. The normalized spacial score (nSPS) is 10.3. The second kappa shape index (κ2) is 5.77. The van der Waals surface area contributed by atoms with Crippen LogP contribution < -0.4 is 11.3 Å². The van der Waals surface area contributed by atoms with E-state index in [4.69, 9.17) is 17.4 Å². The second-order valence-electron chi connectivity index (χ2n) is 4.06. The van der Waals surface area contributed by atoms with Gasteiger partial charge in [0.15, 0.2) is 0 Å². The fourth-order valence-electron chi connectivity index (χ4n) is 1.69. The molecular formula is C13H13ClN4O. The Bertz CT molecular complexity index is 598. The van der Waals surface area contributed by atoms with Gasteiger partial charge >= 0.3 is 0 Å². The highest BCUT2D eigenvalue weighted by atomic mass is 35.5. The van der Waals surface area contributed by atoms with Gasteiger partial charge in [-0.25, -0.2) is 15.8 Å². The number of nitrogen functional groups attached to an aromatic ring is 1. The zero-order valence-electron chi connectivity index (χ0n) is 10.4. The van der Waals surface area contributed by atoms with Crippen LogP contribution in [0.25, 0.3) is 0 Å². The lowest BCUT2D eigenvalue weighted by Gasteiger charge is -2.06. The third kappa shape index (κ3) is 3.27. The lowest BCUT2D eigenvalue weighted by Crippen LogP contribution is -2.31. The van der Waals surface area contributed by atoms with Crippen LogP contribution in [0, 0.1) is 6.92 Å². The van der Waals surface area contributed by atoms with Crippen LogP contribution in [0.3, 0.4) is 0 Å². The Hall–Kier alpha value is -1.98. The van der Waals surface area contributed by atoms with Crippen molar-refractivity contribution in [1.29, 1.82) is 0 Å². The first-order chi connectivity index (χ1) is 9.10. The van der Waals surface area contributed by atoms with Crippen LogP contribution in [0.4, 0.5) is 0 Å². The molecule has 0 saturated carbocycles. The number of hydrazine groups is 1. The average Bonchev–Trinajstić information content (AvgIpc) is 2.41. The van der Waals surface area contributed by atoms with E-state index in [1.165, 1.54) is 6.20 Å². The minimum atomic E-state index is -0.393. The van der Waals surface area contributed by atoms with E-state index < -0.39 is 5.91 Å². The van der Waals surface area contributed by atoms with Crippen LogP contribution in [0.2, 0.25) is 5.02 Å². The third-order valence-corrected chi connectivity index (χ3v) is 2.93. The minimum absolute atomic E-state index is 0.377. The Kier molecular flexibility index (Phi) is 4.09. The van der Waals surface area contributed by atoms with Crippen molar-refractivity contribution in [3.63, 3.8) is 0 Å². The van der Waals surface area contributed by atoms with E-state index in [1.807, 2.05) is 24.3 Å². The number of halogens is 1. The molecule has 0 aliphatic heterocycles. The van der Waals surface area contributed by atoms with Crippen LogP contribution >= 0.6 is 11.6 Å². The van der Waals surface area contributed by atoms with Gasteiger partial charge in [0.05, 0.1) is 11.3 Å². The summed E-state index contributed by atoms with van der Waals surface area (Å²) in [5.41, 5.74) is 4.10. The highest BCUT2D eigenvalue weighted by Gasteiger charge is 2.10. The first kappa shape index (κ1) is 13.5. The number of carbonyl (C=O) groups excluding carboxylic acids is 1. The summed E-state index contributed by atoms with van der Waals surface area (Å²) >= 11 is 5.82. The van der Waals surface area contributed by atoms with E-state index in [1.54, 1.807) is 6.92 Å². The van der Waals surface area contributed by atoms with Crippen molar-refractivity contribution in [2.75, 3.05) is 0 Å². The van der Waals surface area contributed by atoms with Crippen molar-refractivity contribution >= 4 is 17.5 Å². The van der Waals surface area contributed by atoms with Crippen molar-refractivity contribution in [3.8, 4) is 0 Å². The number of aromatic nitrogens is 2. The maximum atomic E-state index is 11.4. The van der Waals surface area contributed by atoms with E-state index in [0.29, 0.717) is 28.5 Å². The smallest absolute Gasteiger partial charge is 0.268 e. The monoisotopic (exact) mass is 276 g/mol. The predicted octanol–water partition coefficient (Wildman–Crippen LogP) is 1.63. The van der Waals surface area contributed by atoms with Crippen LogP contribution in [0.15, 0.2) is 30.5 Å². The van der Waals surface area contributed by atoms with Gasteiger partial charge in [-0.15, -0.1) is 0 Å². The topological polar surface area (TPSA) is 80.9 Å². The molecule has 0 unspecified atom stereocenters. The molecule has 1 heterocycles. The van der Waals surface area contributed by atoms with Crippen molar-refractivity contribution in [2.45, 2.75) is 13.3 Å². The van der Waals surface area contributed by atoms with E-state index in [9.17, 15) is 4.79 Å². The van der Waals surface area contributed by atoms with Crippen molar-refractivity contribution < 1.29 is 4.79 Å². The lowest BCUT2D eigenvalue weighted by atomic mass is 10.1. The van der Waals surface area contributed by atoms with Crippen molar-refractivity contribution in [3.05, 3.63) is 58.1 Å². The number of amides is 1. The van der Waals surface area contributed by atoms with E-state index in [-0.39, 0.29) is 0 Å². The van der Waals surface area contributed by atoms with Gasteiger partial charge in [-0.2, -0.15) is 0 Å². The molecule has 98 valence electrons. The third-order valence-electron chi connectivity index (χ3n) is 2.68. The van der Waals surface area contributed by atoms with Crippen molar-refractivity contribution in [2.24, 2.45) is 5.84 Å². The molecule has 0 bridgehead atoms. The summed E-state index contributed by atoms with van der Waals surface area (Å²) in [5, 5.41) is 0.691. The Morgan fingerprint density at radius 2 is 2.05 bits per heavy atom. The second-order valence-corrected chi connectivity index (χ2v) is 4.50. The number of hydrogen-bond donors (Lipinski definition) is 2. The molecule has 0 saturated heterocycles. The first-order valence-corrected chi connectivity index (χ1v) is 6.06. The minimum Gasteiger partial charge on any atom is -0.290 e. The maximum Gasteiger partial charge on any atom is 0.268 e. The molecule has 1 aromatic carbocycles. The molecule has 1 amide bonds. The molecule has 0 aliphatic rings. The summed E-state index contributed by atoms with van der Waals surface area (Å²) in [6.45, 7) is 1.75. The van der Waals surface area contributed by atoms with Gasteiger partial charge in [-0.05, 0) is 24.6 Å². The number of nitrogens with zero attached hydrogens (tertiary/aromatic N) is 2. The quantitative estimate of drug-likeness (QED) is 0.507. The molecule has 0 fully saturated rings. The molecule has 1 aromatic heterocycles. The van der Waals surface area contributed by atoms with Crippen LogP contribution in [0.5, 0.6) is 0 Å². The molecule has 19 heavy (non-hydrogen) atoms. The summed E-state index contributed by atoms with van der Waals surface area (Å²) in [6, 6.07) is 7.48. The summed E-state index contributed by atoms with van der Waals surface area (Å²) < 4.78 is 0. The standard InChI is InChI=1S/C13H13ClN4O/c1-8-11(13(19)18-15)7-16-12(17-8)6-9-2-4-10(14)5-3-9/h2-5,7H,6,15H2,1H3,(H,18,19). The SMILES string of the molecule is Cc1nc(Cc2ccc(Cl)cc2)ncc1C(=O)NN. The summed E-state index contributed by atoms with van der Waals surface area (Å²) in [7, 11) is 0. The number of nitrogens with two attached hydrogens (primary N) is 1. The molecule has 3 N–H and O–H groups in total. The molecule has 2 rings (SSSR count). The largest absolute Gasteiger partial charge is 0.290 e. The maximum absolute atomic E-state index is 11.4.